The Kier molecular flexibility index (Phi) is 6.70. The van der Waals surface area contributed by atoms with Crippen molar-refractivity contribution in [1.82, 2.24) is 9.88 Å². The highest BCUT2D eigenvalue weighted by Gasteiger charge is 2.33. The molecule has 2 heterocycles. The summed E-state index contributed by atoms with van der Waals surface area (Å²) in [6, 6.07) is 13.0. The van der Waals surface area contributed by atoms with Crippen LogP contribution >= 0.6 is 0 Å². The van der Waals surface area contributed by atoms with E-state index in [-0.39, 0.29) is 29.9 Å². The van der Waals surface area contributed by atoms with Crippen molar-refractivity contribution in [2.75, 3.05) is 13.7 Å². The van der Waals surface area contributed by atoms with Gasteiger partial charge >= 0.3 is 12.1 Å². The molecular formula is C28H27F3N2O4. The lowest BCUT2D eigenvalue weighted by Crippen LogP contribution is -2.33. The van der Waals surface area contributed by atoms with E-state index in [2.05, 4.69) is 5.32 Å². The maximum Gasteiger partial charge on any atom is 0.416 e. The van der Waals surface area contributed by atoms with E-state index in [1.165, 1.54) is 7.11 Å². The van der Waals surface area contributed by atoms with Gasteiger partial charge in [0.2, 0.25) is 0 Å². The number of para-hydroxylation sites is 1. The van der Waals surface area contributed by atoms with Gasteiger partial charge in [-0.1, -0.05) is 18.2 Å². The van der Waals surface area contributed by atoms with Crippen LogP contribution < -0.4 is 5.32 Å². The monoisotopic (exact) mass is 512 g/mol. The van der Waals surface area contributed by atoms with Gasteiger partial charge in [0, 0.05) is 23.5 Å². The van der Waals surface area contributed by atoms with Gasteiger partial charge in [-0.25, -0.2) is 0 Å². The van der Waals surface area contributed by atoms with Gasteiger partial charge in [0.05, 0.1) is 36.2 Å². The number of aromatic nitrogens is 1. The lowest BCUT2D eigenvalue weighted by atomic mass is 9.82. The molecule has 4 aromatic rings. The first-order valence-corrected chi connectivity index (χ1v) is 12.3. The summed E-state index contributed by atoms with van der Waals surface area (Å²) in [7, 11) is 1.37. The minimum atomic E-state index is -4.59. The van der Waals surface area contributed by atoms with Crippen molar-refractivity contribution in [1.29, 1.82) is 0 Å². The number of furan rings is 1. The molecule has 194 valence electrons. The lowest BCUT2D eigenvalue weighted by Gasteiger charge is -2.27. The smallest absolute Gasteiger partial charge is 0.416 e. The van der Waals surface area contributed by atoms with Crippen LogP contribution in [-0.2, 0) is 22.3 Å². The van der Waals surface area contributed by atoms with Crippen LogP contribution in [-0.4, -0.2) is 30.1 Å². The number of alkyl halides is 3. The standard InChI is InChI=1S/C28H27F3N2O4/c1-36-27(35)18-8-6-17(7-9-18)15-32-26(34)23-14-21(28(29,30)31)12-20-10-11-33(25(20)23)16-22-13-19-4-2-3-5-24(19)37-22/h2-5,10-14,17-18H,6-9,15-16H2,1H3,(H,32,34). The van der Waals surface area contributed by atoms with Crippen molar-refractivity contribution in [2.24, 2.45) is 11.8 Å². The van der Waals surface area contributed by atoms with Crippen LogP contribution in [0.1, 0.15) is 47.4 Å². The van der Waals surface area contributed by atoms with Crippen LogP contribution in [0, 0.1) is 11.8 Å². The van der Waals surface area contributed by atoms with E-state index < -0.39 is 17.6 Å². The van der Waals surface area contributed by atoms with Gasteiger partial charge in [-0.15, -0.1) is 0 Å². The Labute approximate surface area is 211 Å². The first-order valence-electron chi connectivity index (χ1n) is 12.3. The number of nitrogens with zero attached hydrogens (tertiary/aromatic N) is 1. The number of benzene rings is 2. The average molecular weight is 513 g/mol. The SMILES string of the molecule is COC(=O)C1CCC(CNC(=O)c2cc(C(F)(F)F)cc3ccn(Cc4cc5ccccc5o4)c23)CC1. The number of hydrogen-bond donors (Lipinski definition) is 1. The molecule has 0 atom stereocenters. The summed E-state index contributed by atoms with van der Waals surface area (Å²) in [5.41, 5.74) is 0.230. The van der Waals surface area contributed by atoms with Gasteiger partial charge in [0.15, 0.2) is 0 Å². The molecule has 0 radical (unpaired) electrons. The Hall–Kier alpha value is -3.75. The third-order valence-corrected chi connectivity index (χ3v) is 7.17. The van der Waals surface area contributed by atoms with Crippen molar-refractivity contribution in [3.63, 3.8) is 0 Å². The Balaban J connectivity index is 1.40. The number of nitrogens with one attached hydrogen (secondary N) is 1. The number of carbonyl (C=O) groups excluding carboxylic acids is 2. The van der Waals surface area contributed by atoms with Crippen LogP contribution in [0.2, 0.25) is 0 Å². The van der Waals surface area contributed by atoms with Crippen LogP contribution in [0.25, 0.3) is 21.9 Å². The van der Waals surface area contributed by atoms with Crippen molar-refractivity contribution >= 4 is 33.7 Å². The third-order valence-electron chi connectivity index (χ3n) is 7.17. The molecule has 6 nitrogen and oxygen atoms in total. The fourth-order valence-electron chi connectivity index (χ4n) is 5.20. The second-order valence-electron chi connectivity index (χ2n) is 9.60. The minimum absolute atomic E-state index is 0.0332. The number of esters is 1. The quantitative estimate of drug-likeness (QED) is 0.314. The molecule has 37 heavy (non-hydrogen) atoms. The number of fused-ring (bicyclic) bond motifs is 2. The zero-order valence-electron chi connectivity index (χ0n) is 20.3. The van der Waals surface area contributed by atoms with Crippen LogP contribution in [0.4, 0.5) is 13.2 Å². The van der Waals surface area contributed by atoms with E-state index in [4.69, 9.17) is 9.15 Å². The summed E-state index contributed by atoms with van der Waals surface area (Å²) < 4.78 is 53.4. The van der Waals surface area contributed by atoms with Crippen LogP contribution in [0.15, 0.2) is 59.1 Å². The van der Waals surface area contributed by atoms with E-state index in [1.54, 1.807) is 16.8 Å². The predicted octanol–water partition coefficient (Wildman–Crippen LogP) is 6.16. The fourth-order valence-corrected chi connectivity index (χ4v) is 5.20. The number of halogens is 3. The average Bonchev–Trinajstić information content (AvgIpc) is 3.49. The summed E-state index contributed by atoms with van der Waals surface area (Å²) in [6.45, 7) is 0.593. The van der Waals surface area contributed by atoms with E-state index in [1.807, 2.05) is 30.3 Å². The summed E-state index contributed by atoms with van der Waals surface area (Å²) in [6.07, 6.45) is -0.108. The Morgan fingerprint density at radius 1 is 1.05 bits per heavy atom. The highest BCUT2D eigenvalue weighted by molar-refractivity contribution is 6.06. The van der Waals surface area contributed by atoms with Gasteiger partial charge in [-0.3, -0.25) is 9.59 Å². The van der Waals surface area contributed by atoms with E-state index in [0.29, 0.717) is 41.6 Å². The molecular weight excluding hydrogens is 485 g/mol. The lowest BCUT2D eigenvalue weighted by molar-refractivity contribution is -0.146. The summed E-state index contributed by atoms with van der Waals surface area (Å²) in [5.74, 6) is -0.142. The van der Waals surface area contributed by atoms with Gasteiger partial charge in [-0.2, -0.15) is 13.2 Å². The minimum Gasteiger partial charge on any atom is -0.469 e. The van der Waals surface area contributed by atoms with Crippen LogP contribution in [0.3, 0.4) is 0 Å². The van der Waals surface area contributed by atoms with Crippen molar-refractivity contribution < 1.29 is 31.9 Å². The van der Waals surface area contributed by atoms with Crippen molar-refractivity contribution in [3.8, 4) is 0 Å². The van der Waals surface area contributed by atoms with Gasteiger partial charge in [0.1, 0.15) is 11.3 Å². The molecule has 1 aliphatic carbocycles. The number of ether oxygens (including phenoxy) is 1. The molecule has 1 fully saturated rings. The van der Waals surface area contributed by atoms with Crippen molar-refractivity contribution in [2.45, 2.75) is 38.4 Å². The van der Waals surface area contributed by atoms with Gasteiger partial charge < -0.3 is 19.0 Å². The molecule has 1 amide bonds. The topological polar surface area (TPSA) is 73.5 Å². The number of rotatable bonds is 6. The largest absolute Gasteiger partial charge is 0.469 e. The zero-order chi connectivity index (χ0) is 26.2. The number of amides is 1. The Bertz CT molecular complexity index is 1410. The van der Waals surface area contributed by atoms with Gasteiger partial charge in [-0.05, 0) is 61.9 Å². The highest BCUT2D eigenvalue weighted by atomic mass is 19.4. The van der Waals surface area contributed by atoms with Crippen LogP contribution in [0.5, 0.6) is 0 Å². The molecule has 0 aliphatic heterocycles. The van der Waals surface area contributed by atoms with Crippen molar-refractivity contribution in [3.05, 3.63) is 71.6 Å². The number of methoxy groups -OCH3 is 1. The molecule has 0 unspecified atom stereocenters. The van der Waals surface area contributed by atoms with Gasteiger partial charge in [0.25, 0.3) is 5.91 Å². The maximum absolute atomic E-state index is 13.6. The zero-order valence-corrected chi connectivity index (χ0v) is 20.3. The molecule has 5 rings (SSSR count). The normalized spacial score (nSPS) is 18.3. The number of carbonyl (C=O) groups is 2. The Morgan fingerprint density at radius 2 is 1.81 bits per heavy atom. The predicted molar refractivity (Wildman–Crippen MR) is 132 cm³/mol. The molecule has 0 spiro atoms. The molecule has 2 aromatic carbocycles. The summed E-state index contributed by atoms with van der Waals surface area (Å²) >= 11 is 0. The molecule has 2 aromatic heterocycles. The molecule has 0 bridgehead atoms. The molecule has 1 N–H and O–H groups in total. The fraction of sp³-hybridized carbons (Fsp3) is 0.357. The summed E-state index contributed by atoms with van der Waals surface area (Å²) in [5, 5.41) is 4.09. The Morgan fingerprint density at radius 3 is 2.51 bits per heavy atom. The second kappa shape index (κ2) is 9.95. The van der Waals surface area contributed by atoms with E-state index in [9.17, 15) is 22.8 Å². The number of hydrogen-bond acceptors (Lipinski definition) is 4. The highest BCUT2D eigenvalue weighted by Crippen LogP contribution is 2.35. The summed E-state index contributed by atoms with van der Waals surface area (Å²) in [4.78, 5) is 25.0. The maximum atomic E-state index is 13.6. The molecule has 9 heteroatoms. The first kappa shape index (κ1) is 24.9. The molecule has 1 aliphatic rings. The first-order chi connectivity index (χ1) is 17.7. The van der Waals surface area contributed by atoms with E-state index >= 15 is 0 Å². The molecule has 0 saturated heterocycles. The molecule has 1 saturated carbocycles. The third kappa shape index (κ3) is 5.21. The second-order valence-corrected chi connectivity index (χ2v) is 9.60. The van der Waals surface area contributed by atoms with E-state index in [0.717, 1.165) is 30.4 Å².